The van der Waals surface area contributed by atoms with Crippen molar-refractivity contribution < 1.29 is 14.3 Å². The van der Waals surface area contributed by atoms with Gasteiger partial charge in [-0.1, -0.05) is 12.8 Å². The van der Waals surface area contributed by atoms with Crippen LogP contribution >= 0.6 is 0 Å². The SMILES string of the molecule is O=C(CN1c2cc(NC3CCCC3)nn2-c2ncccc2C1O)Nc1ccc(F)cn1. The van der Waals surface area contributed by atoms with E-state index >= 15 is 0 Å². The van der Waals surface area contributed by atoms with Crippen molar-refractivity contribution in [2.75, 3.05) is 22.1 Å². The van der Waals surface area contributed by atoms with Crippen LogP contribution in [0.4, 0.5) is 21.8 Å². The monoisotopic (exact) mass is 423 g/mol. The number of fused-ring (bicyclic) bond motifs is 3. The van der Waals surface area contributed by atoms with Crippen LogP contribution in [0.1, 0.15) is 37.5 Å². The molecule has 1 amide bonds. The maximum absolute atomic E-state index is 13.1. The topological polar surface area (TPSA) is 108 Å². The van der Waals surface area contributed by atoms with Crippen LogP contribution in [0.3, 0.4) is 0 Å². The molecule has 160 valence electrons. The lowest BCUT2D eigenvalue weighted by Crippen LogP contribution is -2.40. The summed E-state index contributed by atoms with van der Waals surface area (Å²) >= 11 is 0. The molecular formula is C21H22FN7O2. The number of carbonyl (C=O) groups excluding carboxylic acids is 1. The van der Waals surface area contributed by atoms with Crippen LogP contribution in [-0.4, -0.2) is 43.3 Å². The van der Waals surface area contributed by atoms with Crippen LogP contribution in [0.25, 0.3) is 5.82 Å². The Morgan fingerprint density at radius 2 is 2.03 bits per heavy atom. The molecule has 4 heterocycles. The van der Waals surface area contributed by atoms with Gasteiger partial charge in [-0.25, -0.2) is 14.4 Å². The van der Waals surface area contributed by atoms with E-state index in [9.17, 15) is 14.3 Å². The number of hydrogen-bond donors (Lipinski definition) is 3. The molecule has 1 aliphatic heterocycles. The zero-order chi connectivity index (χ0) is 21.4. The van der Waals surface area contributed by atoms with Crippen LogP contribution in [0.2, 0.25) is 0 Å². The van der Waals surface area contributed by atoms with E-state index in [1.54, 1.807) is 27.9 Å². The number of halogens is 1. The van der Waals surface area contributed by atoms with Crippen LogP contribution in [-0.2, 0) is 4.79 Å². The van der Waals surface area contributed by atoms with Gasteiger partial charge in [-0.2, -0.15) is 4.68 Å². The third kappa shape index (κ3) is 3.81. The molecule has 0 bridgehead atoms. The van der Waals surface area contributed by atoms with E-state index in [4.69, 9.17) is 0 Å². The van der Waals surface area contributed by atoms with Gasteiger partial charge in [0.2, 0.25) is 5.91 Å². The van der Waals surface area contributed by atoms with E-state index < -0.39 is 18.0 Å². The first kappa shape index (κ1) is 19.4. The quantitative estimate of drug-likeness (QED) is 0.579. The Kier molecular flexibility index (Phi) is 4.99. The van der Waals surface area contributed by atoms with Crippen molar-refractivity contribution in [2.24, 2.45) is 0 Å². The van der Waals surface area contributed by atoms with Crippen molar-refractivity contribution in [1.82, 2.24) is 19.7 Å². The summed E-state index contributed by atoms with van der Waals surface area (Å²) in [6.07, 6.45) is 6.18. The van der Waals surface area contributed by atoms with Crippen molar-refractivity contribution in [1.29, 1.82) is 0 Å². The van der Waals surface area contributed by atoms with E-state index in [0.717, 1.165) is 19.0 Å². The Morgan fingerprint density at radius 1 is 1.19 bits per heavy atom. The minimum atomic E-state index is -1.07. The molecule has 1 atom stereocenters. The normalized spacial score (nSPS) is 17.9. The first-order chi connectivity index (χ1) is 15.1. The average Bonchev–Trinajstić information content (AvgIpc) is 3.43. The number of nitrogens with zero attached hydrogens (tertiary/aromatic N) is 5. The maximum atomic E-state index is 13.1. The van der Waals surface area contributed by atoms with Crippen LogP contribution in [0.5, 0.6) is 0 Å². The zero-order valence-corrected chi connectivity index (χ0v) is 16.7. The molecule has 1 fully saturated rings. The number of carbonyl (C=O) groups is 1. The molecule has 3 aromatic heterocycles. The lowest BCUT2D eigenvalue weighted by atomic mass is 10.1. The Labute approximate surface area is 177 Å². The first-order valence-electron chi connectivity index (χ1n) is 10.3. The molecule has 3 N–H and O–H groups in total. The van der Waals surface area contributed by atoms with E-state index in [2.05, 4.69) is 25.7 Å². The molecule has 3 aromatic rings. The van der Waals surface area contributed by atoms with Crippen molar-refractivity contribution in [3.05, 3.63) is 54.1 Å². The standard InChI is InChI=1S/C21H22FN7O2/c22-13-7-8-16(24-11-13)26-18(30)12-28-19-10-17(25-14-4-1-2-5-14)27-29(19)20-15(21(28)31)6-3-9-23-20/h3,6-11,14,21,31H,1-2,4-5,12H2,(H,25,27)(H,24,26,30). The fourth-order valence-electron chi connectivity index (χ4n) is 4.12. The minimum Gasteiger partial charge on any atom is -0.369 e. The number of aromatic nitrogens is 4. The Balaban J connectivity index is 1.42. The molecule has 0 aromatic carbocycles. The summed E-state index contributed by atoms with van der Waals surface area (Å²) < 4.78 is 14.7. The van der Waals surface area contributed by atoms with Crippen molar-refractivity contribution in [2.45, 2.75) is 38.0 Å². The van der Waals surface area contributed by atoms with Gasteiger partial charge in [0.15, 0.2) is 17.9 Å². The molecular weight excluding hydrogens is 401 g/mol. The van der Waals surface area contributed by atoms with Crippen molar-refractivity contribution in [3.8, 4) is 5.82 Å². The van der Waals surface area contributed by atoms with E-state index in [1.165, 1.54) is 25.0 Å². The van der Waals surface area contributed by atoms with Gasteiger partial charge in [-0.3, -0.25) is 4.79 Å². The second kappa shape index (κ2) is 7.95. The Bertz CT molecular complexity index is 1100. The van der Waals surface area contributed by atoms with E-state index in [-0.39, 0.29) is 12.4 Å². The highest BCUT2D eigenvalue weighted by atomic mass is 19.1. The predicted molar refractivity (Wildman–Crippen MR) is 112 cm³/mol. The summed E-state index contributed by atoms with van der Waals surface area (Å²) in [6.45, 7) is -0.150. The number of amides is 1. The third-order valence-corrected chi connectivity index (χ3v) is 5.59. The summed E-state index contributed by atoms with van der Waals surface area (Å²) in [5.41, 5.74) is 0.554. The average molecular weight is 423 g/mol. The van der Waals surface area contributed by atoms with Crippen LogP contribution in [0, 0.1) is 5.82 Å². The number of hydrogen-bond acceptors (Lipinski definition) is 7. The molecule has 0 spiro atoms. The second-order valence-electron chi connectivity index (χ2n) is 7.75. The van der Waals surface area contributed by atoms with Gasteiger partial charge in [0.1, 0.15) is 24.0 Å². The van der Waals surface area contributed by atoms with Crippen molar-refractivity contribution >= 4 is 23.4 Å². The molecule has 9 nitrogen and oxygen atoms in total. The summed E-state index contributed by atoms with van der Waals surface area (Å²) in [5.74, 6) is 1.11. The van der Waals surface area contributed by atoms with Gasteiger partial charge < -0.3 is 20.6 Å². The molecule has 0 saturated heterocycles. The summed E-state index contributed by atoms with van der Waals surface area (Å²) in [7, 11) is 0. The van der Waals surface area contributed by atoms with Gasteiger partial charge in [-0.05, 0) is 37.1 Å². The predicted octanol–water partition coefficient (Wildman–Crippen LogP) is 2.61. The number of nitrogens with one attached hydrogen (secondary N) is 2. The molecule has 2 aliphatic rings. The summed E-state index contributed by atoms with van der Waals surface area (Å²) in [4.78, 5) is 22.4. The number of aliphatic hydroxyl groups excluding tert-OH is 1. The lowest BCUT2D eigenvalue weighted by Gasteiger charge is -2.34. The second-order valence-corrected chi connectivity index (χ2v) is 7.75. The highest BCUT2D eigenvalue weighted by Crippen LogP contribution is 2.37. The Morgan fingerprint density at radius 3 is 2.81 bits per heavy atom. The van der Waals surface area contributed by atoms with Gasteiger partial charge >= 0.3 is 0 Å². The highest BCUT2D eigenvalue weighted by Gasteiger charge is 2.33. The highest BCUT2D eigenvalue weighted by molar-refractivity contribution is 5.93. The minimum absolute atomic E-state index is 0.150. The van der Waals surface area contributed by atoms with Crippen LogP contribution in [0.15, 0.2) is 42.7 Å². The van der Waals surface area contributed by atoms with E-state index in [0.29, 0.717) is 29.1 Å². The molecule has 1 saturated carbocycles. The number of rotatable bonds is 5. The molecule has 31 heavy (non-hydrogen) atoms. The van der Waals surface area contributed by atoms with Gasteiger partial charge in [0.25, 0.3) is 0 Å². The zero-order valence-electron chi connectivity index (χ0n) is 16.7. The fourth-order valence-corrected chi connectivity index (χ4v) is 4.12. The molecule has 10 heteroatoms. The molecule has 1 aliphatic carbocycles. The third-order valence-electron chi connectivity index (χ3n) is 5.59. The molecule has 0 radical (unpaired) electrons. The van der Waals surface area contributed by atoms with Gasteiger partial charge in [0, 0.05) is 23.9 Å². The number of aliphatic hydroxyl groups is 1. The van der Waals surface area contributed by atoms with Crippen LogP contribution < -0.4 is 15.5 Å². The largest absolute Gasteiger partial charge is 0.369 e. The van der Waals surface area contributed by atoms with Gasteiger partial charge in [0.05, 0.1) is 6.20 Å². The fraction of sp³-hybridized carbons (Fsp3) is 0.333. The van der Waals surface area contributed by atoms with Crippen molar-refractivity contribution in [3.63, 3.8) is 0 Å². The van der Waals surface area contributed by atoms with E-state index in [1.807, 2.05) is 6.07 Å². The molecule has 1 unspecified atom stereocenters. The smallest absolute Gasteiger partial charge is 0.245 e. The lowest BCUT2D eigenvalue weighted by molar-refractivity contribution is -0.115. The van der Waals surface area contributed by atoms with Gasteiger partial charge in [-0.15, -0.1) is 5.10 Å². The first-order valence-corrected chi connectivity index (χ1v) is 10.3. The summed E-state index contributed by atoms with van der Waals surface area (Å²) in [5, 5.41) is 21.7. The number of pyridine rings is 2. The molecule has 5 rings (SSSR count). The number of anilines is 3. The maximum Gasteiger partial charge on any atom is 0.245 e. The summed E-state index contributed by atoms with van der Waals surface area (Å²) in [6, 6.07) is 8.28. The Hall–Kier alpha value is -3.53.